The quantitative estimate of drug-likeness (QED) is 0.487. The third kappa shape index (κ3) is 130. The smallest absolute Gasteiger partial charge is 0.302 e. The molecule has 0 unspecified atom stereocenters. The van der Waals surface area contributed by atoms with Crippen LogP contribution in [-0.4, -0.2) is 52.3 Å². The van der Waals surface area contributed by atoms with E-state index in [0.29, 0.717) is 0 Å². The molecule has 128 valence electrons. The van der Waals surface area contributed by atoms with Gasteiger partial charge in [0, 0.05) is 27.7 Å². The van der Waals surface area contributed by atoms with E-state index >= 15 is 0 Å². The highest BCUT2D eigenvalue weighted by Crippen LogP contribution is 1.61. The van der Waals surface area contributed by atoms with Crippen LogP contribution in [-0.2, 0) is 38.1 Å². The lowest BCUT2D eigenvalue weighted by Crippen LogP contribution is -1.88. The van der Waals surface area contributed by atoms with Gasteiger partial charge in [0.05, 0.1) is 28.4 Å². The topological polar surface area (TPSA) is 105 Å². The third-order valence-corrected chi connectivity index (χ3v) is 1.15. The van der Waals surface area contributed by atoms with Crippen molar-refractivity contribution in [3.63, 3.8) is 0 Å². The molecule has 0 spiro atoms. The van der Waals surface area contributed by atoms with Gasteiger partial charge in [0.1, 0.15) is 0 Å². The second-order valence-corrected chi connectivity index (χ2v) is 2.78. The molecule has 0 N–H and O–H groups in total. The number of hydrogen-bond donors (Lipinski definition) is 0. The Morgan fingerprint density at radius 3 is 0.524 bits per heavy atom. The summed E-state index contributed by atoms with van der Waals surface area (Å²) in [4.78, 5) is 38.4. The average Bonchev–Trinajstić information content (AvgIpc) is 2.40. The Balaban J connectivity index is -0.0000000533. The van der Waals surface area contributed by atoms with Gasteiger partial charge >= 0.3 is 23.9 Å². The van der Waals surface area contributed by atoms with E-state index in [1.54, 1.807) is 0 Å². The maximum atomic E-state index is 9.59. The van der Waals surface area contributed by atoms with Crippen molar-refractivity contribution >= 4 is 23.9 Å². The van der Waals surface area contributed by atoms with E-state index in [4.69, 9.17) is 0 Å². The van der Waals surface area contributed by atoms with Crippen LogP contribution in [0.3, 0.4) is 0 Å². The first kappa shape index (κ1) is 31.3. The van der Waals surface area contributed by atoms with Crippen molar-refractivity contribution in [1.29, 1.82) is 0 Å². The van der Waals surface area contributed by atoms with Gasteiger partial charge in [0.15, 0.2) is 0 Å². The van der Waals surface area contributed by atoms with Gasteiger partial charge in [-0.2, -0.15) is 0 Å². The fourth-order valence-electron chi connectivity index (χ4n) is 0. The van der Waals surface area contributed by atoms with E-state index in [0.717, 1.165) is 0 Å². The number of rotatable bonds is 0. The molecule has 0 rings (SSSR count). The zero-order valence-corrected chi connectivity index (χ0v) is 13.3. The molecule has 8 nitrogen and oxygen atoms in total. The molecule has 0 aliphatic rings. The molecule has 8 heteroatoms. The highest BCUT2D eigenvalue weighted by molar-refractivity contribution is 5.66. The summed E-state index contributed by atoms with van der Waals surface area (Å²) in [5.41, 5.74) is 0. The van der Waals surface area contributed by atoms with Gasteiger partial charge in [-0.25, -0.2) is 0 Å². The van der Waals surface area contributed by atoms with Gasteiger partial charge in [-0.1, -0.05) is 7.43 Å². The van der Waals surface area contributed by atoms with Crippen LogP contribution in [0.15, 0.2) is 0 Å². The van der Waals surface area contributed by atoms with Crippen molar-refractivity contribution in [2.75, 3.05) is 28.4 Å². The van der Waals surface area contributed by atoms with Gasteiger partial charge in [0.2, 0.25) is 0 Å². The van der Waals surface area contributed by atoms with Gasteiger partial charge in [-0.3, -0.25) is 19.2 Å². The Bertz CT molecular complexity index is 217. The number of hydrogen-bond acceptors (Lipinski definition) is 8. The summed E-state index contributed by atoms with van der Waals surface area (Å²) < 4.78 is 16.4. The fourth-order valence-corrected chi connectivity index (χ4v) is 0. The monoisotopic (exact) mass is 312 g/mol. The lowest BCUT2D eigenvalue weighted by atomic mass is 10.8. The molecule has 0 aliphatic carbocycles. The van der Waals surface area contributed by atoms with Crippen molar-refractivity contribution in [2.24, 2.45) is 0 Å². The largest absolute Gasteiger partial charge is 0.469 e. The summed E-state index contributed by atoms with van der Waals surface area (Å²) >= 11 is 0. The van der Waals surface area contributed by atoms with Crippen LogP contribution < -0.4 is 0 Å². The molecule has 0 saturated heterocycles. The molecule has 0 aromatic heterocycles. The average molecular weight is 312 g/mol. The van der Waals surface area contributed by atoms with E-state index in [2.05, 4.69) is 18.9 Å². The Kier molecular flexibility index (Phi) is 39.5. The van der Waals surface area contributed by atoms with Crippen molar-refractivity contribution in [1.82, 2.24) is 0 Å². The number of ether oxygens (including phenoxy) is 4. The number of methoxy groups -OCH3 is 4. The number of carbonyl (C=O) groups excluding carboxylic acids is 4. The third-order valence-electron chi connectivity index (χ3n) is 1.15. The molecule has 0 radical (unpaired) electrons. The van der Waals surface area contributed by atoms with Crippen LogP contribution >= 0.6 is 0 Å². The van der Waals surface area contributed by atoms with Gasteiger partial charge < -0.3 is 18.9 Å². The van der Waals surface area contributed by atoms with E-state index in [1.807, 2.05) is 0 Å². The van der Waals surface area contributed by atoms with E-state index < -0.39 is 0 Å². The lowest BCUT2D eigenvalue weighted by molar-refractivity contribution is -0.138. The normalized spacial score (nSPS) is 6.48. The minimum absolute atomic E-state index is 0. The van der Waals surface area contributed by atoms with E-state index in [9.17, 15) is 19.2 Å². The molecule has 0 aromatic carbocycles. The zero-order chi connectivity index (χ0) is 17.1. The maximum absolute atomic E-state index is 9.59. The Morgan fingerprint density at radius 1 is 0.476 bits per heavy atom. The van der Waals surface area contributed by atoms with Gasteiger partial charge in [0.25, 0.3) is 0 Å². The van der Waals surface area contributed by atoms with Crippen LogP contribution in [0, 0.1) is 0 Å². The van der Waals surface area contributed by atoms with Crippen molar-refractivity contribution in [3.8, 4) is 0 Å². The van der Waals surface area contributed by atoms with Crippen LogP contribution in [0.5, 0.6) is 0 Å². The van der Waals surface area contributed by atoms with Gasteiger partial charge in [-0.15, -0.1) is 0 Å². The summed E-state index contributed by atoms with van der Waals surface area (Å²) in [6.45, 7) is 5.44. The van der Waals surface area contributed by atoms with Crippen LogP contribution in [0.2, 0.25) is 0 Å². The first-order valence-electron chi connectivity index (χ1n) is 5.27. The maximum Gasteiger partial charge on any atom is 0.302 e. The van der Waals surface area contributed by atoms with Crippen molar-refractivity contribution in [3.05, 3.63) is 0 Å². The van der Waals surface area contributed by atoms with Crippen molar-refractivity contribution < 1.29 is 38.1 Å². The Labute approximate surface area is 126 Å². The minimum Gasteiger partial charge on any atom is -0.469 e. The molecular weight excluding hydrogens is 284 g/mol. The molecule has 0 fully saturated rings. The second kappa shape index (κ2) is 26.4. The molecule has 0 aliphatic heterocycles. The van der Waals surface area contributed by atoms with Crippen LogP contribution in [0.4, 0.5) is 0 Å². The van der Waals surface area contributed by atoms with E-state index in [1.165, 1.54) is 56.1 Å². The molecular formula is C13H28O8. The fraction of sp³-hybridized carbons (Fsp3) is 0.692. The summed E-state index contributed by atoms with van der Waals surface area (Å²) in [6.07, 6.45) is 0. The number of carbonyl (C=O) groups is 4. The SMILES string of the molecule is C.COC(C)=O.COC(C)=O.COC(C)=O.COC(C)=O. The summed E-state index contributed by atoms with van der Waals surface area (Å²) in [5, 5.41) is 0. The van der Waals surface area contributed by atoms with E-state index in [-0.39, 0.29) is 31.3 Å². The zero-order valence-electron chi connectivity index (χ0n) is 13.3. The first-order chi connectivity index (χ1) is 9.08. The Hall–Kier alpha value is -2.12. The predicted octanol–water partition coefficient (Wildman–Crippen LogP) is 1.35. The molecule has 0 atom stereocenters. The molecule has 21 heavy (non-hydrogen) atoms. The number of esters is 4. The highest BCUT2D eigenvalue weighted by Gasteiger charge is 1.77. The molecule has 0 aromatic rings. The predicted molar refractivity (Wildman–Crippen MR) is 77.5 cm³/mol. The molecule has 0 bridgehead atoms. The standard InChI is InChI=1S/4C3H6O2.CH4/c4*1-3(4)5-2;/h4*1-2H3;1H4. The summed E-state index contributed by atoms with van der Waals surface area (Å²) in [6, 6.07) is 0. The molecule has 0 amide bonds. The van der Waals surface area contributed by atoms with Crippen LogP contribution in [0.1, 0.15) is 35.1 Å². The molecule has 0 saturated carbocycles. The summed E-state index contributed by atoms with van der Waals surface area (Å²) in [7, 11) is 5.40. The van der Waals surface area contributed by atoms with Gasteiger partial charge in [-0.05, 0) is 0 Å². The second-order valence-electron chi connectivity index (χ2n) is 2.78. The van der Waals surface area contributed by atoms with Crippen LogP contribution in [0.25, 0.3) is 0 Å². The first-order valence-corrected chi connectivity index (χ1v) is 5.27. The lowest BCUT2D eigenvalue weighted by Gasteiger charge is -1.80. The molecule has 0 heterocycles. The summed E-state index contributed by atoms with van der Waals surface area (Å²) in [5.74, 6) is -0.981. The Morgan fingerprint density at radius 2 is 0.524 bits per heavy atom. The minimum atomic E-state index is -0.245. The van der Waals surface area contributed by atoms with Crippen molar-refractivity contribution in [2.45, 2.75) is 35.1 Å². The highest BCUT2D eigenvalue weighted by atomic mass is 16.5.